The maximum atomic E-state index is 13.0. The van der Waals surface area contributed by atoms with Gasteiger partial charge in [-0.2, -0.15) is 0 Å². The monoisotopic (exact) mass is 415 g/mol. The van der Waals surface area contributed by atoms with Gasteiger partial charge in [-0.05, 0) is 61.7 Å². The van der Waals surface area contributed by atoms with Crippen LogP contribution < -0.4 is 4.72 Å². The molecule has 0 spiro atoms. The lowest BCUT2D eigenvalue weighted by Gasteiger charge is -2.32. The van der Waals surface area contributed by atoms with Crippen molar-refractivity contribution in [2.24, 2.45) is 0 Å². The summed E-state index contributed by atoms with van der Waals surface area (Å²) in [6.07, 6.45) is 0.775. The Hall–Kier alpha value is -2.87. The first kappa shape index (κ1) is 20.9. The van der Waals surface area contributed by atoms with Gasteiger partial charge < -0.3 is 9.80 Å². The van der Waals surface area contributed by atoms with Gasteiger partial charge in [0.1, 0.15) is 0 Å². The van der Waals surface area contributed by atoms with Gasteiger partial charge in [-0.25, -0.2) is 8.42 Å². The van der Waals surface area contributed by atoms with Crippen molar-refractivity contribution in [2.75, 3.05) is 30.9 Å². The van der Waals surface area contributed by atoms with E-state index in [1.165, 1.54) is 6.07 Å². The molecule has 0 aromatic heterocycles. The highest BCUT2D eigenvalue weighted by Crippen LogP contribution is 2.23. The number of piperazine rings is 1. The number of anilines is 1. The van der Waals surface area contributed by atoms with Crippen LogP contribution in [0.25, 0.3) is 0 Å². The second-order valence-corrected chi connectivity index (χ2v) is 8.97. The minimum Gasteiger partial charge on any atom is -0.342 e. The summed E-state index contributed by atoms with van der Waals surface area (Å²) in [4.78, 5) is 27.0. The van der Waals surface area contributed by atoms with E-state index in [0.29, 0.717) is 43.0 Å². The minimum atomic E-state index is -3.85. The summed E-state index contributed by atoms with van der Waals surface area (Å²) >= 11 is 0. The predicted octanol–water partition coefficient (Wildman–Crippen LogP) is 2.33. The van der Waals surface area contributed by atoms with Crippen molar-refractivity contribution < 1.29 is 18.0 Å². The summed E-state index contributed by atoms with van der Waals surface area (Å²) in [6.45, 7) is 7.37. The number of carbonyl (C=O) groups is 2. The molecule has 0 unspecified atom stereocenters. The van der Waals surface area contributed by atoms with Gasteiger partial charge in [0.2, 0.25) is 6.41 Å². The zero-order valence-electron chi connectivity index (χ0n) is 16.8. The molecule has 1 aliphatic rings. The lowest BCUT2D eigenvalue weighted by molar-refractivity contribution is -0.119. The summed E-state index contributed by atoms with van der Waals surface area (Å²) in [5.74, 6) is -0.238. The van der Waals surface area contributed by atoms with Crippen LogP contribution in [0.2, 0.25) is 0 Å². The summed E-state index contributed by atoms with van der Waals surface area (Å²) < 4.78 is 28.5. The van der Waals surface area contributed by atoms with Crippen LogP contribution in [0.1, 0.15) is 27.0 Å². The highest BCUT2D eigenvalue weighted by atomic mass is 32.2. The molecule has 2 amide bonds. The van der Waals surface area contributed by atoms with E-state index in [2.05, 4.69) is 4.72 Å². The fourth-order valence-electron chi connectivity index (χ4n) is 3.25. The fourth-order valence-corrected chi connectivity index (χ4v) is 4.57. The molecule has 1 heterocycles. The Morgan fingerprint density at radius 3 is 2.21 bits per heavy atom. The van der Waals surface area contributed by atoms with Crippen molar-refractivity contribution in [1.82, 2.24) is 9.80 Å². The number of nitrogens with zero attached hydrogens (tertiary/aromatic N) is 2. The van der Waals surface area contributed by atoms with E-state index in [1.54, 1.807) is 41.0 Å². The van der Waals surface area contributed by atoms with E-state index < -0.39 is 10.0 Å². The third kappa shape index (κ3) is 4.59. The summed E-state index contributed by atoms with van der Waals surface area (Å²) in [5, 5.41) is 0. The van der Waals surface area contributed by atoms with Crippen molar-refractivity contribution >= 4 is 28.0 Å². The topological polar surface area (TPSA) is 86.8 Å². The Morgan fingerprint density at radius 2 is 1.59 bits per heavy atom. The second kappa shape index (κ2) is 8.24. The van der Waals surface area contributed by atoms with E-state index in [-0.39, 0.29) is 10.8 Å². The highest BCUT2D eigenvalue weighted by Gasteiger charge is 2.24. The number of rotatable bonds is 5. The van der Waals surface area contributed by atoms with Crippen molar-refractivity contribution in [3.63, 3.8) is 0 Å². The molecular weight excluding hydrogens is 390 g/mol. The molecule has 1 aliphatic heterocycles. The first-order valence-corrected chi connectivity index (χ1v) is 10.9. The predicted molar refractivity (Wildman–Crippen MR) is 111 cm³/mol. The Bertz CT molecular complexity index is 1040. The maximum absolute atomic E-state index is 13.0. The number of hydrogen-bond acceptors (Lipinski definition) is 4. The molecule has 1 N–H and O–H groups in total. The van der Waals surface area contributed by atoms with Crippen LogP contribution in [0.15, 0.2) is 41.3 Å². The molecule has 154 valence electrons. The van der Waals surface area contributed by atoms with Gasteiger partial charge in [0.05, 0.1) is 4.90 Å². The molecule has 2 aromatic rings. The largest absolute Gasteiger partial charge is 0.342 e. The number of hydrogen-bond donors (Lipinski definition) is 1. The summed E-state index contributed by atoms with van der Waals surface area (Å²) in [6, 6.07) is 10.1. The van der Waals surface area contributed by atoms with E-state index >= 15 is 0 Å². The molecule has 2 aromatic carbocycles. The third-order valence-corrected chi connectivity index (χ3v) is 6.76. The van der Waals surface area contributed by atoms with Gasteiger partial charge in [0.15, 0.2) is 0 Å². The van der Waals surface area contributed by atoms with Gasteiger partial charge in [0.25, 0.3) is 15.9 Å². The first-order valence-electron chi connectivity index (χ1n) is 9.40. The number of carbonyl (C=O) groups excluding carboxylic acids is 2. The average molecular weight is 416 g/mol. The lowest BCUT2D eigenvalue weighted by atomic mass is 10.1. The first-order chi connectivity index (χ1) is 13.7. The normalized spacial score (nSPS) is 14.6. The van der Waals surface area contributed by atoms with Crippen molar-refractivity contribution in [2.45, 2.75) is 25.7 Å². The van der Waals surface area contributed by atoms with Crippen LogP contribution in [0.5, 0.6) is 0 Å². The highest BCUT2D eigenvalue weighted by molar-refractivity contribution is 7.92. The number of benzene rings is 2. The Labute approximate surface area is 171 Å². The number of aryl methyl sites for hydroxylation is 3. The van der Waals surface area contributed by atoms with E-state index in [0.717, 1.165) is 17.5 Å². The van der Waals surface area contributed by atoms with Gasteiger partial charge in [0, 0.05) is 37.4 Å². The lowest BCUT2D eigenvalue weighted by Crippen LogP contribution is -2.48. The molecule has 1 fully saturated rings. The molecule has 0 aliphatic carbocycles. The number of nitrogens with one attached hydrogen (secondary N) is 1. The van der Waals surface area contributed by atoms with E-state index in [9.17, 15) is 18.0 Å². The molecule has 0 radical (unpaired) electrons. The van der Waals surface area contributed by atoms with Crippen LogP contribution >= 0.6 is 0 Å². The molecule has 3 rings (SSSR count). The standard InChI is InChI=1S/C21H25N3O4S/c1-15-5-7-19(12-17(15)3)22-29(27,28)20-13-18(6-4-16(20)2)21(26)24-10-8-23(14-25)9-11-24/h4-7,12-14,22H,8-11H2,1-3H3. The van der Waals surface area contributed by atoms with Gasteiger partial charge in [-0.15, -0.1) is 0 Å². The fraction of sp³-hybridized carbons (Fsp3) is 0.333. The van der Waals surface area contributed by atoms with Gasteiger partial charge in [-0.1, -0.05) is 12.1 Å². The van der Waals surface area contributed by atoms with Gasteiger partial charge in [-0.3, -0.25) is 14.3 Å². The van der Waals surface area contributed by atoms with Crippen molar-refractivity contribution in [1.29, 1.82) is 0 Å². The molecule has 8 heteroatoms. The smallest absolute Gasteiger partial charge is 0.262 e. The van der Waals surface area contributed by atoms with E-state index in [1.807, 2.05) is 19.9 Å². The SMILES string of the molecule is Cc1ccc(NS(=O)(=O)c2cc(C(=O)N3CCN(C=O)CC3)ccc2C)cc1C. The van der Waals surface area contributed by atoms with Crippen LogP contribution in [0, 0.1) is 20.8 Å². The zero-order valence-corrected chi connectivity index (χ0v) is 17.6. The quantitative estimate of drug-likeness (QED) is 0.760. The molecular formula is C21H25N3O4S. The Morgan fingerprint density at radius 1 is 0.931 bits per heavy atom. The van der Waals surface area contributed by atoms with Crippen LogP contribution in [0.3, 0.4) is 0 Å². The Kier molecular flexibility index (Phi) is 5.93. The molecule has 0 bridgehead atoms. The minimum absolute atomic E-state index is 0.0769. The zero-order chi connectivity index (χ0) is 21.2. The summed E-state index contributed by atoms with van der Waals surface area (Å²) in [7, 11) is -3.85. The Balaban J connectivity index is 1.85. The number of sulfonamides is 1. The molecule has 0 atom stereocenters. The van der Waals surface area contributed by atoms with Crippen LogP contribution in [0.4, 0.5) is 5.69 Å². The molecule has 1 saturated heterocycles. The molecule has 7 nitrogen and oxygen atoms in total. The maximum Gasteiger partial charge on any atom is 0.262 e. The van der Waals surface area contributed by atoms with Crippen LogP contribution in [-0.4, -0.2) is 56.7 Å². The molecule has 0 saturated carbocycles. The van der Waals surface area contributed by atoms with Gasteiger partial charge >= 0.3 is 0 Å². The third-order valence-electron chi connectivity index (χ3n) is 5.23. The van der Waals surface area contributed by atoms with Crippen molar-refractivity contribution in [3.8, 4) is 0 Å². The molecule has 29 heavy (non-hydrogen) atoms. The second-order valence-electron chi connectivity index (χ2n) is 7.32. The summed E-state index contributed by atoms with van der Waals surface area (Å²) in [5.41, 5.74) is 3.42. The average Bonchev–Trinajstić information content (AvgIpc) is 2.70. The van der Waals surface area contributed by atoms with E-state index in [4.69, 9.17) is 0 Å². The van der Waals surface area contributed by atoms with Crippen LogP contribution in [-0.2, 0) is 14.8 Å². The number of amides is 2. The van der Waals surface area contributed by atoms with Crippen molar-refractivity contribution in [3.05, 3.63) is 58.7 Å².